The van der Waals surface area contributed by atoms with Gasteiger partial charge in [-0.15, -0.1) is 0 Å². The second-order valence-electron chi connectivity index (χ2n) is 5.15. The van der Waals surface area contributed by atoms with Gasteiger partial charge in [-0.3, -0.25) is 4.79 Å². The largest absolute Gasteiger partial charge is 0.454 e. The summed E-state index contributed by atoms with van der Waals surface area (Å²) < 4.78 is 50.1. The molecule has 24 heavy (non-hydrogen) atoms. The van der Waals surface area contributed by atoms with Crippen LogP contribution in [0.5, 0.6) is 11.5 Å². The number of nitrogens with one attached hydrogen (secondary N) is 2. The van der Waals surface area contributed by atoms with Crippen LogP contribution in [0.3, 0.4) is 0 Å². The van der Waals surface area contributed by atoms with E-state index < -0.39 is 35.1 Å². The summed E-state index contributed by atoms with van der Waals surface area (Å²) in [6, 6.07) is 5.96. The van der Waals surface area contributed by atoms with Crippen LogP contribution in [0, 0.1) is 17.5 Å². The highest BCUT2D eigenvalue weighted by Gasteiger charge is 2.19. The molecule has 0 aliphatic carbocycles. The topological polar surface area (TPSA) is 59.6 Å². The lowest BCUT2D eigenvalue weighted by molar-refractivity contribution is -0.116. The van der Waals surface area contributed by atoms with Crippen molar-refractivity contribution in [3.63, 3.8) is 0 Å². The van der Waals surface area contributed by atoms with Crippen LogP contribution >= 0.6 is 0 Å². The van der Waals surface area contributed by atoms with Gasteiger partial charge in [-0.1, -0.05) is 0 Å². The minimum atomic E-state index is -1.64. The highest BCUT2D eigenvalue weighted by molar-refractivity contribution is 5.96. The van der Waals surface area contributed by atoms with Crippen molar-refractivity contribution in [2.75, 3.05) is 17.4 Å². The molecule has 0 aromatic heterocycles. The average molecular weight is 338 g/mol. The fourth-order valence-corrected chi connectivity index (χ4v) is 2.17. The SMILES string of the molecule is C[C@@H](Nc1ccc2c(c1)OCO2)C(=O)Nc1ccc(F)c(F)c1F. The van der Waals surface area contributed by atoms with Gasteiger partial charge in [0, 0.05) is 11.8 Å². The molecule has 0 radical (unpaired) electrons. The molecule has 5 nitrogen and oxygen atoms in total. The predicted octanol–water partition coefficient (Wildman–Crippen LogP) is 3.27. The molecule has 3 rings (SSSR count). The first-order chi connectivity index (χ1) is 11.5. The Morgan fingerprint density at radius 3 is 2.62 bits per heavy atom. The summed E-state index contributed by atoms with van der Waals surface area (Å²) >= 11 is 0. The number of hydrogen-bond donors (Lipinski definition) is 2. The zero-order chi connectivity index (χ0) is 17.3. The third-order valence-electron chi connectivity index (χ3n) is 3.44. The monoisotopic (exact) mass is 338 g/mol. The summed E-state index contributed by atoms with van der Waals surface area (Å²) in [5.41, 5.74) is 0.158. The summed E-state index contributed by atoms with van der Waals surface area (Å²) in [7, 11) is 0. The molecule has 2 aromatic carbocycles. The summed E-state index contributed by atoms with van der Waals surface area (Å²) in [6.07, 6.45) is 0. The highest BCUT2D eigenvalue weighted by Crippen LogP contribution is 2.34. The number of carbonyl (C=O) groups excluding carboxylic acids is 1. The number of anilines is 2. The maximum Gasteiger partial charge on any atom is 0.246 e. The molecule has 1 amide bonds. The number of halogens is 3. The van der Waals surface area contributed by atoms with Crippen molar-refractivity contribution < 1.29 is 27.4 Å². The minimum Gasteiger partial charge on any atom is -0.454 e. The van der Waals surface area contributed by atoms with Gasteiger partial charge in [0.15, 0.2) is 29.0 Å². The number of ether oxygens (including phenoxy) is 2. The standard InChI is InChI=1S/C16H13F3N2O3/c1-8(20-9-2-5-12-13(6-9)24-7-23-12)16(22)21-11-4-3-10(17)14(18)15(11)19/h2-6,8,20H,7H2,1H3,(H,21,22)/t8-/m1/s1. The van der Waals surface area contributed by atoms with E-state index in [0.717, 1.165) is 12.1 Å². The van der Waals surface area contributed by atoms with Crippen LogP contribution < -0.4 is 20.1 Å². The van der Waals surface area contributed by atoms with Crippen LogP contribution in [0.4, 0.5) is 24.5 Å². The second kappa shape index (κ2) is 6.31. The fourth-order valence-electron chi connectivity index (χ4n) is 2.17. The summed E-state index contributed by atoms with van der Waals surface area (Å²) in [5.74, 6) is -3.88. The minimum absolute atomic E-state index is 0.129. The Morgan fingerprint density at radius 2 is 1.83 bits per heavy atom. The molecule has 0 bridgehead atoms. The van der Waals surface area contributed by atoms with Crippen LogP contribution in [0.2, 0.25) is 0 Å². The van der Waals surface area contributed by atoms with Gasteiger partial charge in [-0.05, 0) is 31.2 Å². The Balaban J connectivity index is 1.68. The van der Waals surface area contributed by atoms with Gasteiger partial charge in [0.05, 0.1) is 5.69 Å². The Kier molecular flexibility index (Phi) is 4.20. The summed E-state index contributed by atoms with van der Waals surface area (Å²) in [6.45, 7) is 1.67. The van der Waals surface area contributed by atoms with Gasteiger partial charge in [-0.2, -0.15) is 0 Å². The third kappa shape index (κ3) is 3.08. The van der Waals surface area contributed by atoms with Crippen molar-refractivity contribution in [3.05, 3.63) is 47.8 Å². The number of benzene rings is 2. The van der Waals surface area contributed by atoms with Gasteiger partial charge >= 0.3 is 0 Å². The predicted molar refractivity (Wildman–Crippen MR) is 80.6 cm³/mol. The molecule has 1 aliphatic rings. The average Bonchev–Trinajstić information content (AvgIpc) is 3.03. The van der Waals surface area contributed by atoms with Crippen LogP contribution in [0.1, 0.15) is 6.92 Å². The second-order valence-corrected chi connectivity index (χ2v) is 5.15. The van der Waals surface area contributed by atoms with E-state index >= 15 is 0 Å². The van der Waals surface area contributed by atoms with Crippen molar-refractivity contribution >= 4 is 17.3 Å². The zero-order valence-electron chi connectivity index (χ0n) is 12.5. The lowest BCUT2D eigenvalue weighted by Gasteiger charge is -2.16. The first kappa shape index (κ1) is 16.0. The van der Waals surface area contributed by atoms with Crippen LogP contribution in [0.25, 0.3) is 0 Å². The van der Waals surface area contributed by atoms with Crippen molar-refractivity contribution in [3.8, 4) is 11.5 Å². The van der Waals surface area contributed by atoms with Gasteiger partial charge < -0.3 is 20.1 Å². The molecule has 2 N–H and O–H groups in total. The quantitative estimate of drug-likeness (QED) is 0.840. The number of fused-ring (bicyclic) bond motifs is 1. The van der Waals surface area contributed by atoms with Crippen LogP contribution in [0.15, 0.2) is 30.3 Å². The van der Waals surface area contributed by atoms with E-state index in [-0.39, 0.29) is 6.79 Å². The van der Waals surface area contributed by atoms with Crippen molar-refractivity contribution in [1.82, 2.24) is 0 Å². The maximum atomic E-state index is 13.6. The molecule has 0 spiro atoms. The maximum absolute atomic E-state index is 13.6. The molecule has 1 atom stereocenters. The summed E-state index contributed by atoms with van der Waals surface area (Å²) in [4.78, 5) is 12.1. The highest BCUT2D eigenvalue weighted by atomic mass is 19.2. The Morgan fingerprint density at radius 1 is 1.08 bits per heavy atom. The summed E-state index contributed by atoms with van der Waals surface area (Å²) in [5, 5.41) is 5.11. The third-order valence-corrected chi connectivity index (χ3v) is 3.44. The van der Waals surface area contributed by atoms with Crippen molar-refractivity contribution in [1.29, 1.82) is 0 Å². The number of hydrogen-bond acceptors (Lipinski definition) is 4. The Hall–Kier alpha value is -2.90. The molecule has 1 aliphatic heterocycles. The number of rotatable bonds is 4. The van der Waals surface area contributed by atoms with E-state index in [1.807, 2.05) is 0 Å². The zero-order valence-corrected chi connectivity index (χ0v) is 12.5. The molecule has 2 aromatic rings. The molecule has 0 saturated heterocycles. The van der Waals surface area contributed by atoms with Crippen LogP contribution in [-0.4, -0.2) is 18.7 Å². The van der Waals surface area contributed by atoms with Crippen molar-refractivity contribution in [2.45, 2.75) is 13.0 Å². The molecule has 8 heteroatoms. The molecular weight excluding hydrogens is 325 g/mol. The molecule has 0 fully saturated rings. The van der Waals surface area contributed by atoms with Gasteiger partial charge in [0.1, 0.15) is 6.04 Å². The van der Waals surface area contributed by atoms with Crippen LogP contribution in [-0.2, 0) is 4.79 Å². The Labute approximate surface area is 135 Å². The normalized spacial score (nSPS) is 13.5. The first-order valence-electron chi connectivity index (χ1n) is 7.06. The van der Waals surface area contributed by atoms with Crippen molar-refractivity contribution in [2.24, 2.45) is 0 Å². The lowest BCUT2D eigenvalue weighted by Crippen LogP contribution is -2.32. The van der Waals surface area contributed by atoms with E-state index in [1.54, 1.807) is 18.2 Å². The van der Waals surface area contributed by atoms with E-state index in [1.165, 1.54) is 6.92 Å². The van der Waals surface area contributed by atoms with Gasteiger partial charge in [0.25, 0.3) is 0 Å². The lowest BCUT2D eigenvalue weighted by atomic mass is 10.2. The van der Waals surface area contributed by atoms with E-state index in [0.29, 0.717) is 17.2 Å². The number of amides is 1. The smallest absolute Gasteiger partial charge is 0.246 e. The molecular formula is C16H13F3N2O3. The first-order valence-corrected chi connectivity index (χ1v) is 7.06. The number of carbonyl (C=O) groups is 1. The van der Waals surface area contributed by atoms with E-state index in [2.05, 4.69) is 10.6 Å². The molecule has 0 unspecified atom stereocenters. The molecule has 0 saturated carbocycles. The Bertz CT molecular complexity index is 798. The molecule has 126 valence electrons. The van der Waals surface area contributed by atoms with E-state index in [4.69, 9.17) is 9.47 Å². The molecule has 1 heterocycles. The fraction of sp³-hybridized carbons (Fsp3) is 0.188. The van der Waals surface area contributed by atoms with Gasteiger partial charge in [-0.25, -0.2) is 13.2 Å². The van der Waals surface area contributed by atoms with E-state index in [9.17, 15) is 18.0 Å². The van der Waals surface area contributed by atoms with Gasteiger partial charge in [0.2, 0.25) is 12.7 Å².